The lowest BCUT2D eigenvalue weighted by molar-refractivity contribution is 0.0184. The Kier molecular flexibility index (Phi) is 10.1. The van der Waals surface area contributed by atoms with Crippen LogP contribution in [0.2, 0.25) is 0 Å². The number of hydrogen-bond acceptors (Lipinski definition) is 7. The number of amides is 1. The first-order valence-electron chi connectivity index (χ1n) is 13.6. The van der Waals surface area contributed by atoms with Gasteiger partial charge in [0.15, 0.2) is 9.84 Å². The number of nitrogens with zero attached hydrogens (tertiary/aromatic N) is 1. The third kappa shape index (κ3) is 9.29. The molecule has 0 atom stereocenters. The van der Waals surface area contributed by atoms with E-state index < -0.39 is 25.5 Å². The van der Waals surface area contributed by atoms with Crippen LogP contribution >= 0.6 is 0 Å². The van der Waals surface area contributed by atoms with Gasteiger partial charge in [-0.1, -0.05) is 51.1 Å². The van der Waals surface area contributed by atoms with Gasteiger partial charge < -0.3 is 15.0 Å². The van der Waals surface area contributed by atoms with Crippen molar-refractivity contribution < 1.29 is 26.4 Å². The van der Waals surface area contributed by atoms with E-state index in [0.29, 0.717) is 19.6 Å². The highest BCUT2D eigenvalue weighted by atomic mass is 32.2. The van der Waals surface area contributed by atoms with E-state index in [0.717, 1.165) is 24.0 Å². The molecule has 1 aliphatic rings. The number of likely N-dealkylation sites (tertiary alicyclic amines) is 1. The van der Waals surface area contributed by atoms with Crippen molar-refractivity contribution in [3.05, 3.63) is 59.7 Å². The van der Waals surface area contributed by atoms with Gasteiger partial charge in [-0.2, -0.15) is 0 Å². The second-order valence-corrected chi connectivity index (χ2v) is 16.1. The van der Waals surface area contributed by atoms with Crippen LogP contribution in [0.25, 0.3) is 0 Å². The van der Waals surface area contributed by atoms with E-state index in [-0.39, 0.29) is 39.6 Å². The van der Waals surface area contributed by atoms with Crippen LogP contribution in [0, 0.1) is 5.92 Å². The quantitative estimate of drug-likeness (QED) is 0.441. The average molecular weight is 594 g/mol. The molecule has 222 valence electrons. The van der Waals surface area contributed by atoms with Gasteiger partial charge in [-0.3, -0.25) is 0 Å². The summed E-state index contributed by atoms with van der Waals surface area (Å²) in [6, 6.07) is 13.2. The molecular weight excluding hydrogens is 550 g/mol. The van der Waals surface area contributed by atoms with Crippen LogP contribution in [-0.2, 0) is 36.6 Å². The van der Waals surface area contributed by atoms with Crippen molar-refractivity contribution in [2.45, 2.75) is 81.7 Å². The first-order valence-corrected chi connectivity index (χ1v) is 16.7. The summed E-state index contributed by atoms with van der Waals surface area (Å²) < 4.78 is 59.8. The molecule has 2 aromatic rings. The minimum atomic E-state index is -3.92. The SMILES string of the molecule is CC(C)(C)OC(=O)N1CCC(CNCS(=O)(=O)c2cccc(S(=O)(=O)NCc3ccc(C(C)(C)C)cc3)c2)CC1. The van der Waals surface area contributed by atoms with Crippen LogP contribution < -0.4 is 10.0 Å². The number of ether oxygens (including phenoxy) is 1. The fourth-order valence-electron chi connectivity index (χ4n) is 4.35. The predicted molar refractivity (Wildman–Crippen MR) is 156 cm³/mol. The van der Waals surface area contributed by atoms with Gasteiger partial charge in [0.1, 0.15) is 11.5 Å². The average Bonchev–Trinajstić information content (AvgIpc) is 2.87. The van der Waals surface area contributed by atoms with E-state index in [2.05, 4.69) is 30.8 Å². The predicted octanol–water partition coefficient (Wildman–Crippen LogP) is 4.43. The second kappa shape index (κ2) is 12.6. The second-order valence-electron chi connectivity index (χ2n) is 12.4. The first-order chi connectivity index (χ1) is 18.5. The van der Waals surface area contributed by atoms with Crippen molar-refractivity contribution >= 4 is 26.0 Å². The van der Waals surface area contributed by atoms with Gasteiger partial charge in [0.25, 0.3) is 0 Å². The number of sulfonamides is 1. The molecule has 0 radical (unpaired) electrons. The monoisotopic (exact) mass is 593 g/mol. The zero-order valence-electron chi connectivity index (χ0n) is 24.4. The molecule has 40 heavy (non-hydrogen) atoms. The number of sulfone groups is 1. The summed E-state index contributed by atoms with van der Waals surface area (Å²) in [5.74, 6) is -0.0849. The van der Waals surface area contributed by atoms with Crippen molar-refractivity contribution in [3.63, 3.8) is 0 Å². The Hall–Kier alpha value is -2.47. The number of carbonyl (C=O) groups is 1. The summed E-state index contributed by atoms with van der Waals surface area (Å²) in [4.78, 5) is 13.8. The largest absolute Gasteiger partial charge is 0.444 e. The Morgan fingerprint density at radius 3 is 2.10 bits per heavy atom. The van der Waals surface area contributed by atoms with Crippen molar-refractivity contribution in [2.24, 2.45) is 5.92 Å². The zero-order valence-corrected chi connectivity index (χ0v) is 26.0. The van der Waals surface area contributed by atoms with Crippen molar-refractivity contribution in [2.75, 3.05) is 25.5 Å². The molecule has 11 heteroatoms. The third-order valence-electron chi connectivity index (χ3n) is 6.75. The van der Waals surface area contributed by atoms with Gasteiger partial charge in [-0.15, -0.1) is 0 Å². The van der Waals surface area contributed by atoms with E-state index >= 15 is 0 Å². The van der Waals surface area contributed by atoms with E-state index in [1.54, 1.807) is 4.90 Å². The molecule has 0 spiro atoms. The first kappa shape index (κ1) is 32.0. The van der Waals surface area contributed by atoms with Crippen LogP contribution in [0.1, 0.15) is 65.5 Å². The highest BCUT2D eigenvalue weighted by Crippen LogP contribution is 2.23. The molecule has 1 aliphatic heterocycles. The van der Waals surface area contributed by atoms with Gasteiger partial charge in [0.05, 0.1) is 9.79 Å². The summed E-state index contributed by atoms with van der Waals surface area (Å²) in [6.45, 7) is 13.5. The number of nitrogens with one attached hydrogen (secondary N) is 2. The molecule has 0 aliphatic carbocycles. The third-order valence-corrected chi connectivity index (χ3v) is 9.71. The lowest BCUT2D eigenvalue weighted by atomic mass is 9.87. The number of piperidine rings is 1. The maximum Gasteiger partial charge on any atom is 0.410 e. The minimum absolute atomic E-state index is 0.00178. The Morgan fingerprint density at radius 2 is 1.52 bits per heavy atom. The highest BCUT2D eigenvalue weighted by Gasteiger charge is 2.27. The van der Waals surface area contributed by atoms with Crippen LogP contribution in [0.4, 0.5) is 4.79 Å². The normalized spacial score (nSPS) is 15.7. The molecule has 0 aromatic heterocycles. The summed E-state index contributed by atoms with van der Waals surface area (Å²) >= 11 is 0. The van der Waals surface area contributed by atoms with E-state index in [4.69, 9.17) is 4.74 Å². The van der Waals surface area contributed by atoms with Crippen molar-refractivity contribution in [1.82, 2.24) is 14.9 Å². The zero-order chi connectivity index (χ0) is 29.8. The molecule has 2 N–H and O–H groups in total. The Bertz CT molecular complexity index is 1370. The molecule has 2 aromatic carbocycles. The topological polar surface area (TPSA) is 122 Å². The van der Waals surface area contributed by atoms with Gasteiger partial charge in [-0.25, -0.2) is 26.4 Å². The molecule has 1 fully saturated rings. The van der Waals surface area contributed by atoms with Gasteiger partial charge in [-0.05, 0) is 80.8 Å². The standard InChI is InChI=1S/C29H43N3O6S2/c1-28(2,3)24-12-10-22(11-13-24)20-31-40(36,37)26-9-7-8-25(18-26)39(34,35)21-30-19-23-14-16-32(17-15-23)27(33)38-29(4,5)6/h7-13,18,23,30-31H,14-17,19-21H2,1-6H3. The molecule has 1 saturated heterocycles. The number of benzene rings is 2. The van der Waals surface area contributed by atoms with E-state index in [1.807, 2.05) is 45.0 Å². The fraction of sp³-hybridized carbons (Fsp3) is 0.552. The molecule has 0 saturated carbocycles. The van der Waals surface area contributed by atoms with E-state index in [9.17, 15) is 21.6 Å². The smallest absolute Gasteiger partial charge is 0.410 e. The van der Waals surface area contributed by atoms with Crippen LogP contribution in [0.5, 0.6) is 0 Å². The Morgan fingerprint density at radius 1 is 0.925 bits per heavy atom. The molecular formula is C29H43N3O6S2. The summed E-state index contributed by atoms with van der Waals surface area (Å²) in [6.07, 6.45) is 1.15. The lowest BCUT2D eigenvalue weighted by Crippen LogP contribution is -2.43. The number of rotatable bonds is 9. The van der Waals surface area contributed by atoms with Crippen molar-refractivity contribution in [3.8, 4) is 0 Å². The molecule has 9 nitrogen and oxygen atoms in total. The molecule has 0 bridgehead atoms. The number of carbonyl (C=O) groups excluding carboxylic acids is 1. The number of hydrogen-bond donors (Lipinski definition) is 2. The summed E-state index contributed by atoms with van der Waals surface area (Å²) in [5, 5.41) is 3.01. The molecule has 0 unspecified atom stereocenters. The Balaban J connectivity index is 1.53. The van der Waals surface area contributed by atoms with Crippen LogP contribution in [0.3, 0.4) is 0 Å². The summed E-state index contributed by atoms with van der Waals surface area (Å²) in [7, 11) is -7.68. The minimum Gasteiger partial charge on any atom is -0.444 e. The molecule has 3 rings (SSSR count). The molecule has 1 amide bonds. The van der Waals surface area contributed by atoms with Gasteiger partial charge >= 0.3 is 6.09 Å². The Labute approximate surface area is 239 Å². The fourth-order valence-corrected chi connectivity index (χ4v) is 6.63. The van der Waals surface area contributed by atoms with Gasteiger partial charge in [0, 0.05) is 19.6 Å². The maximum atomic E-state index is 13.0. The van der Waals surface area contributed by atoms with Crippen LogP contribution in [0.15, 0.2) is 58.3 Å². The van der Waals surface area contributed by atoms with E-state index in [1.165, 1.54) is 24.3 Å². The maximum absolute atomic E-state index is 13.0. The highest BCUT2D eigenvalue weighted by molar-refractivity contribution is 7.91. The lowest BCUT2D eigenvalue weighted by Gasteiger charge is -2.33. The van der Waals surface area contributed by atoms with Gasteiger partial charge in [0.2, 0.25) is 10.0 Å². The van der Waals surface area contributed by atoms with Crippen molar-refractivity contribution in [1.29, 1.82) is 0 Å². The summed E-state index contributed by atoms with van der Waals surface area (Å²) in [5.41, 5.74) is 1.41. The van der Waals surface area contributed by atoms with Crippen LogP contribution in [-0.4, -0.2) is 58.9 Å². The molecule has 1 heterocycles.